The van der Waals surface area contributed by atoms with E-state index in [-0.39, 0.29) is 0 Å². The fraction of sp³-hybridized carbons (Fsp3) is 0.294. The average molecular weight is 299 g/mol. The van der Waals surface area contributed by atoms with Crippen LogP contribution in [0, 0.1) is 0 Å². The molecule has 0 saturated carbocycles. The number of hydrogen-bond donors (Lipinski definition) is 0. The predicted molar refractivity (Wildman–Crippen MR) is 91.5 cm³/mol. The number of hydrogen-bond acceptors (Lipinski definition) is 4. The largest absolute Gasteiger partial charge is 0.292 e. The van der Waals surface area contributed by atoms with Crippen molar-refractivity contribution in [3.8, 4) is 0 Å². The molecule has 0 radical (unpaired) electrons. The van der Waals surface area contributed by atoms with Crippen LogP contribution in [0.3, 0.4) is 0 Å². The molecule has 0 unspecified atom stereocenters. The van der Waals surface area contributed by atoms with Gasteiger partial charge in [0.2, 0.25) is 0 Å². The Kier molecular flexibility index (Phi) is 5.96. The molecule has 1 aromatic carbocycles. The van der Waals surface area contributed by atoms with Crippen molar-refractivity contribution in [1.82, 2.24) is 9.88 Å². The molecule has 0 saturated heterocycles. The van der Waals surface area contributed by atoms with E-state index in [2.05, 4.69) is 59.8 Å². The van der Waals surface area contributed by atoms with E-state index < -0.39 is 0 Å². The van der Waals surface area contributed by atoms with Crippen molar-refractivity contribution in [2.45, 2.75) is 24.8 Å². The molecular formula is C17H21N3S. The van der Waals surface area contributed by atoms with Crippen LogP contribution in [0.2, 0.25) is 0 Å². The molecule has 0 atom stereocenters. The Hall–Kier alpha value is -1.65. The third-order valence-electron chi connectivity index (χ3n) is 3.22. The number of aryl methyl sites for hydroxylation is 1. The number of nitrogens with zero attached hydrogens (tertiary/aromatic N) is 3. The molecular weight excluding hydrogens is 278 g/mol. The van der Waals surface area contributed by atoms with Crippen molar-refractivity contribution < 1.29 is 0 Å². The van der Waals surface area contributed by atoms with Crippen LogP contribution in [-0.4, -0.2) is 29.5 Å². The minimum Gasteiger partial charge on any atom is -0.292 e. The van der Waals surface area contributed by atoms with Gasteiger partial charge in [0.05, 0.1) is 5.69 Å². The molecule has 3 nitrogen and oxygen atoms in total. The van der Waals surface area contributed by atoms with Gasteiger partial charge in [-0.15, -0.1) is 11.8 Å². The van der Waals surface area contributed by atoms with Crippen molar-refractivity contribution in [1.29, 1.82) is 0 Å². The summed E-state index contributed by atoms with van der Waals surface area (Å²) in [5.41, 5.74) is 3.52. The smallest absolute Gasteiger partial charge is 0.0758 e. The van der Waals surface area contributed by atoms with Gasteiger partial charge in [-0.3, -0.25) is 14.9 Å². The van der Waals surface area contributed by atoms with Gasteiger partial charge in [0.15, 0.2) is 0 Å². The lowest BCUT2D eigenvalue weighted by molar-refractivity contribution is 0.386. The number of rotatable bonds is 7. The Morgan fingerprint density at radius 2 is 2.14 bits per heavy atom. The van der Waals surface area contributed by atoms with E-state index in [1.54, 1.807) is 18.0 Å². The van der Waals surface area contributed by atoms with E-state index >= 15 is 0 Å². The van der Waals surface area contributed by atoms with E-state index in [1.807, 2.05) is 12.3 Å². The minimum absolute atomic E-state index is 0.894. The average Bonchev–Trinajstić information content (AvgIpc) is 2.53. The van der Waals surface area contributed by atoms with E-state index in [4.69, 9.17) is 0 Å². The van der Waals surface area contributed by atoms with Gasteiger partial charge < -0.3 is 0 Å². The minimum atomic E-state index is 0.894. The van der Waals surface area contributed by atoms with E-state index in [0.717, 1.165) is 24.5 Å². The maximum atomic E-state index is 4.15. The van der Waals surface area contributed by atoms with E-state index in [1.165, 1.54) is 16.0 Å². The summed E-state index contributed by atoms with van der Waals surface area (Å²) in [6.45, 7) is 6.72. The molecule has 4 heteroatoms. The second-order valence-electron chi connectivity index (χ2n) is 4.96. The van der Waals surface area contributed by atoms with Gasteiger partial charge in [-0.05, 0) is 49.5 Å². The molecule has 0 spiro atoms. The molecule has 2 aromatic rings. The number of aliphatic imine (C=N–C) groups is 1. The second-order valence-corrected chi connectivity index (χ2v) is 5.95. The lowest BCUT2D eigenvalue weighted by Crippen LogP contribution is -2.16. The molecule has 21 heavy (non-hydrogen) atoms. The molecule has 0 N–H and O–H groups in total. The third-order valence-corrected chi connectivity index (χ3v) is 4.43. The van der Waals surface area contributed by atoms with E-state index in [9.17, 15) is 0 Å². The van der Waals surface area contributed by atoms with Gasteiger partial charge >= 0.3 is 0 Å². The summed E-state index contributed by atoms with van der Waals surface area (Å²) >= 11 is 1.80. The van der Waals surface area contributed by atoms with Gasteiger partial charge in [-0.1, -0.05) is 19.1 Å². The molecule has 0 fully saturated rings. The highest BCUT2D eigenvalue weighted by molar-refractivity contribution is 7.99. The normalized spacial score (nSPS) is 10.8. The lowest BCUT2D eigenvalue weighted by atomic mass is 10.1. The Labute approximate surface area is 131 Å². The van der Waals surface area contributed by atoms with Crippen molar-refractivity contribution in [2.24, 2.45) is 4.99 Å². The first-order valence-corrected chi connectivity index (χ1v) is 8.01. The number of benzene rings is 1. The van der Waals surface area contributed by atoms with Gasteiger partial charge in [-0.25, -0.2) is 0 Å². The Morgan fingerprint density at radius 1 is 1.29 bits per heavy atom. The van der Waals surface area contributed by atoms with Crippen LogP contribution in [-0.2, 0) is 13.0 Å². The standard InChI is InChI=1S/C17H21N3S/c1-4-14-7-8-16(18-2)17(10-14)21-13-20(3)12-15-6-5-9-19-11-15/h5-11H,2,4,12-13H2,1,3H3. The maximum Gasteiger partial charge on any atom is 0.0758 e. The first-order valence-electron chi connectivity index (χ1n) is 7.02. The van der Waals surface area contributed by atoms with Crippen LogP contribution >= 0.6 is 11.8 Å². The van der Waals surface area contributed by atoms with Crippen LogP contribution in [0.1, 0.15) is 18.1 Å². The zero-order valence-corrected chi connectivity index (χ0v) is 13.4. The van der Waals surface area contributed by atoms with Crippen molar-refractivity contribution in [3.05, 3.63) is 53.9 Å². The monoisotopic (exact) mass is 299 g/mol. The van der Waals surface area contributed by atoms with Crippen LogP contribution < -0.4 is 0 Å². The predicted octanol–water partition coefficient (Wildman–Crippen LogP) is 4.16. The summed E-state index contributed by atoms with van der Waals surface area (Å²) < 4.78 is 0. The first kappa shape index (κ1) is 15.7. The molecule has 0 bridgehead atoms. The highest BCUT2D eigenvalue weighted by Crippen LogP contribution is 2.31. The molecule has 0 amide bonds. The van der Waals surface area contributed by atoms with Crippen molar-refractivity contribution >= 4 is 24.2 Å². The summed E-state index contributed by atoms with van der Waals surface area (Å²) in [5.74, 6) is 0.907. The quantitative estimate of drug-likeness (QED) is 0.437. The fourth-order valence-corrected chi connectivity index (χ4v) is 3.02. The number of thioether (sulfide) groups is 1. The highest BCUT2D eigenvalue weighted by Gasteiger charge is 2.06. The van der Waals surface area contributed by atoms with Gasteiger partial charge in [0, 0.05) is 29.7 Å². The van der Waals surface area contributed by atoms with Gasteiger partial charge in [0.25, 0.3) is 0 Å². The molecule has 0 aliphatic carbocycles. The Bertz CT molecular complexity index is 584. The van der Waals surface area contributed by atoms with Gasteiger partial charge in [0.1, 0.15) is 0 Å². The summed E-state index contributed by atoms with van der Waals surface area (Å²) in [6.07, 6.45) is 4.75. The van der Waals surface area contributed by atoms with Crippen molar-refractivity contribution in [3.63, 3.8) is 0 Å². The topological polar surface area (TPSA) is 28.5 Å². The maximum absolute atomic E-state index is 4.15. The highest BCUT2D eigenvalue weighted by atomic mass is 32.2. The zero-order valence-electron chi connectivity index (χ0n) is 12.6. The first-order chi connectivity index (χ1) is 10.2. The molecule has 1 heterocycles. The SMILES string of the molecule is C=Nc1ccc(CC)cc1SCN(C)Cc1cccnc1. The molecule has 110 valence electrons. The summed E-state index contributed by atoms with van der Waals surface area (Å²) in [6, 6.07) is 10.5. The second kappa shape index (κ2) is 7.96. The van der Waals surface area contributed by atoms with Crippen molar-refractivity contribution in [2.75, 3.05) is 12.9 Å². The Balaban J connectivity index is 1.97. The summed E-state index contributed by atoms with van der Waals surface area (Å²) in [5, 5.41) is 0. The summed E-state index contributed by atoms with van der Waals surface area (Å²) in [7, 11) is 2.12. The summed E-state index contributed by atoms with van der Waals surface area (Å²) in [4.78, 5) is 11.7. The molecule has 0 aliphatic heterocycles. The van der Waals surface area contributed by atoms with Gasteiger partial charge in [-0.2, -0.15) is 0 Å². The third kappa shape index (κ3) is 4.69. The van der Waals surface area contributed by atoms with Crippen LogP contribution in [0.25, 0.3) is 0 Å². The van der Waals surface area contributed by atoms with Crippen LogP contribution in [0.5, 0.6) is 0 Å². The zero-order chi connectivity index (χ0) is 15.1. The number of pyridine rings is 1. The van der Waals surface area contributed by atoms with Crippen LogP contribution in [0.4, 0.5) is 5.69 Å². The van der Waals surface area contributed by atoms with E-state index in [0.29, 0.717) is 0 Å². The fourth-order valence-electron chi connectivity index (χ4n) is 2.05. The Morgan fingerprint density at radius 3 is 2.81 bits per heavy atom. The molecule has 2 rings (SSSR count). The lowest BCUT2D eigenvalue weighted by Gasteiger charge is -2.17. The molecule has 1 aromatic heterocycles. The van der Waals surface area contributed by atoms with Crippen LogP contribution in [0.15, 0.2) is 52.6 Å². The number of aromatic nitrogens is 1. The molecule has 0 aliphatic rings.